The van der Waals surface area contributed by atoms with Crippen LogP contribution < -0.4 is 5.32 Å². The molecule has 1 fully saturated rings. The van der Waals surface area contributed by atoms with E-state index in [1.54, 1.807) is 22.5 Å². The predicted molar refractivity (Wildman–Crippen MR) is 112 cm³/mol. The summed E-state index contributed by atoms with van der Waals surface area (Å²) in [6.07, 6.45) is 7.29. The summed E-state index contributed by atoms with van der Waals surface area (Å²) in [5, 5.41) is 3.10. The summed E-state index contributed by atoms with van der Waals surface area (Å²) in [6.45, 7) is 0.481. The lowest BCUT2D eigenvalue weighted by molar-refractivity contribution is 0.0782. The van der Waals surface area contributed by atoms with Crippen LogP contribution in [0.2, 0.25) is 0 Å². The smallest absolute Gasteiger partial charge is 0.287 e. The minimum absolute atomic E-state index is 0.187. The number of amides is 2. The third-order valence-corrected chi connectivity index (χ3v) is 5.50. The van der Waals surface area contributed by atoms with Crippen molar-refractivity contribution in [3.8, 4) is 0 Å². The second-order valence-corrected chi connectivity index (χ2v) is 7.70. The summed E-state index contributed by atoms with van der Waals surface area (Å²) >= 11 is 0. The van der Waals surface area contributed by atoms with Crippen LogP contribution in [0.4, 0.5) is 0 Å². The zero-order valence-corrected chi connectivity index (χ0v) is 16.7. The molecule has 6 nitrogen and oxygen atoms in total. The van der Waals surface area contributed by atoms with E-state index in [1.807, 2.05) is 48.5 Å². The quantitative estimate of drug-likeness (QED) is 0.723. The second kappa shape index (κ2) is 8.47. The second-order valence-electron chi connectivity index (χ2n) is 7.70. The molecule has 29 heavy (non-hydrogen) atoms. The predicted octanol–water partition coefficient (Wildman–Crippen LogP) is 3.67. The van der Waals surface area contributed by atoms with E-state index in [0.717, 1.165) is 31.2 Å². The number of hydrogen-bond acceptors (Lipinski definition) is 3. The average Bonchev–Trinajstić information content (AvgIpc) is 3.14. The van der Waals surface area contributed by atoms with Gasteiger partial charge in [0.15, 0.2) is 5.69 Å². The number of carbonyl (C=O) groups is 2. The zero-order valence-electron chi connectivity index (χ0n) is 16.7. The number of nitrogens with zero attached hydrogens (tertiary/aromatic N) is 3. The molecule has 150 valence electrons. The van der Waals surface area contributed by atoms with Crippen molar-refractivity contribution in [3.05, 3.63) is 71.8 Å². The number of pyridine rings is 1. The Kier molecular flexibility index (Phi) is 5.60. The van der Waals surface area contributed by atoms with Gasteiger partial charge in [-0.05, 0) is 30.5 Å². The first-order valence-corrected chi connectivity index (χ1v) is 10.2. The van der Waals surface area contributed by atoms with E-state index < -0.39 is 0 Å². The molecule has 2 heterocycles. The van der Waals surface area contributed by atoms with Gasteiger partial charge in [0.1, 0.15) is 0 Å². The SMILES string of the molecule is CN(Cc1ccccc1)C(=O)c1nc(C(=O)NC2CCCCC2)n2ccccc12. The highest BCUT2D eigenvalue weighted by Crippen LogP contribution is 2.19. The highest BCUT2D eigenvalue weighted by atomic mass is 16.2. The van der Waals surface area contributed by atoms with Crippen molar-refractivity contribution in [2.45, 2.75) is 44.7 Å². The van der Waals surface area contributed by atoms with Crippen LogP contribution in [-0.2, 0) is 6.54 Å². The van der Waals surface area contributed by atoms with E-state index >= 15 is 0 Å². The Bertz CT molecular complexity index is 1010. The number of fused-ring (bicyclic) bond motifs is 1. The number of imidazole rings is 1. The molecule has 1 aliphatic carbocycles. The topological polar surface area (TPSA) is 66.7 Å². The summed E-state index contributed by atoms with van der Waals surface area (Å²) < 4.78 is 1.71. The molecule has 0 saturated heterocycles. The molecule has 1 aromatic carbocycles. The monoisotopic (exact) mass is 390 g/mol. The van der Waals surface area contributed by atoms with Gasteiger partial charge in [0.25, 0.3) is 11.8 Å². The van der Waals surface area contributed by atoms with Crippen molar-refractivity contribution in [2.75, 3.05) is 7.05 Å². The molecule has 1 aliphatic rings. The lowest BCUT2D eigenvalue weighted by atomic mass is 9.95. The maximum atomic E-state index is 13.1. The van der Waals surface area contributed by atoms with Crippen molar-refractivity contribution in [1.82, 2.24) is 19.6 Å². The van der Waals surface area contributed by atoms with Crippen LogP contribution in [0.1, 0.15) is 58.8 Å². The molecule has 0 atom stereocenters. The Balaban J connectivity index is 1.59. The van der Waals surface area contributed by atoms with Gasteiger partial charge in [-0.3, -0.25) is 14.0 Å². The van der Waals surface area contributed by atoms with E-state index in [-0.39, 0.29) is 23.7 Å². The first-order chi connectivity index (χ1) is 14.1. The van der Waals surface area contributed by atoms with Gasteiger partial charge in [-0.15, -0.1) is 0 Å². The normalized spacial score (nSPS) is 14.7. The van der Waals surface area contributed by atoms with Gasteiger partial charge in [0.05, 0.1) is 5.52 Å². The number of carbonyl (C=O) groups excluding carboxylic acids is 2. The number of benzene rings is 1. The first-order valence-electron chi connectivity index (χ1n) is 10.2. The minimum Gasteiger partial charge on any atom is -0.347 e. The van der Waals surface area contributed by atoms with E-state index in [4.69, 9.17) is 0 Å². The van der Waals surface area contributed by atoms with E-state index in [0.29, 0.717) is 17.8 Å². The molecule has 4 rings (SSSR count). The molecule has 2 amide bonds. The van der Waals surface area contributed by atoms with Crippen LogP contribution in [0.15, 0.2) is 54.7 Å². The number of nitrogens with one attached hydrogen (secondary N) is 1. The highest BCUT2D eigenvalue weighted by molar-refractivity contribution is 6.02. The summed E-state index contributed by atoms with van der Waals surface area (Å²) in [4.78, 5) is 32.1. The maximum Gasteiger partial charge on any atom is 0.287 e. The van der Waals surface area contributed by atoms with Gasteiger partial charge in [0.2, 0.25) is 5.82 Å². The van der Waals surface area contributed by atoms with Gasteiger partial charge in [0, 0.05) is 25.8 Å². The average molecular weight is 390 g/mol. The molecule has 0 bridgehead atoms. The van der Waals surface area contributed by atoms with Gasteiger partial charge in [-0.1, -0.05) is 55.7 Å². The van der Waals surface area contributed by atoms with Crippen LogP contribution in [0.3, 0.4) is 0 Å². The van der Waals surface area contributed by atoms with Crippen molar-refractivity contribution < 1.29 is 9.59 Å². The Hall–Kier alpha value is -3.15. The van der Waals surface area contributed by atoms with Crippen LogP contribution in [0.25, 0.3) is 5.52 Å². The Morgan fingerprint density at radius 3 is 2.55 bits per heavy atom. The molecular weight excluding hydrogens is 364 g/mol. The fourth-order valence-electron chi connectivity index (χ4n) is 3.96. The van der Waals surface area contributed by atoms with E-state index in [9.17, 15) is 9.59 Å². The van der Waals surface area contributed by atoms with Gasteiger partial charge in [-0.2, -0.15) is 0 Å². The highest BCUT2D eigenvalue weighted by Gasteiger charge is 2.25. The standard InChI is InChI=1S/C23H26N4O2/c1-26(16-17-10-4-2-5-11-17)23(29)20-19-14-8-9-15-27(19)21(25-20)22(28)24-18-12-6-3-7-13-18/h2,4-5,8-11,14-15,18H,3,6-7,12-13,16H2,1H3,(H,24,28). The van der Waals surface area contributed by atoms with E-state index in [2.05, 4.69) is 10.3 Å². The molecule has 0 unspecified atom stereocenters. The Morgan fingerprint density at radius 1 is 1.07 bits per heavy atom. The molecule has 0 aliphatic heterocycles. The Morgan fingerprint density at radius 2 is 1.79 bits per heavy atom. The zero-order chi connectivity index (χ0) is 20.2. The molecule has 6 heteroatoms. The Labute approximate surface area is 170 Å². The summed E-state index contributed by atoms with van der Waals surface area (Å²) in [6, 6.07) is 15.5. The molecular formula is C23H26N4O2. The third-order valence-electron chi connectivity index (χ3n) is 5.50. The lowest BCUT2D eigenvalue weighted by Gasteiger charge is -2.22. The van der Waals surface area contributed by atoms with Crippen LogP contribution in [0.5, 0.6) is 0 Å². The van der Waals surface area contributed by atoms with Crippen LogP contribution >= 0.6 is 0 Å². The largest absolute Gasteiger partial charge is 0.347 e. The minimum atomic E-state index is -0.220. The first kappa shape index (κ1) is 19.2. The number of hydrogen-bond donors (Lipinski definition) is 1. The van der Waals surface area contributed by atoms with Crippen molar-refractivity contribution in [3.63, 3.8) is 0 Å². The summed E-state index contributed by atoms with van der Waals surface area (Å²) in [5.74, 6) is -0.153. The van der Waals surface area contributed by atoms with Gasteiger partial charge < -0.3 is 10.2 Å². The molecule has 0 spiro atoms. The number of aromatic nitrogens is 2. The molecule has 3 aromatic rings. The van der Waals surface area contributed by atoms with Crippen molar-refractivity contribution >= 4 is 17.3 Å². The third kappa shape index (κ3) is 4.16. The van der Waals surface area contributed by atoms with Gasteiger partial charge in [-0.25, -0.2) is 4.98 Å². The summed E-state index contributed by atoms with van der Waals surface area (Å²) in [7, 11) is 1.76. The molecule has 1 saturated carbocycles. The fourth-order valence-corrected chi connectivity index (χ4v) is 3.96. The number of rotatable bonds is 5. The molecule has 1 N–H and O–H groups in total. The maximum absolute atomic E-state index is 13.1. The van der Waals surface area contributed by atoms with Crippen molar-refractivity contribution in [1.29, 1.82) is 0 Å². The summed E-state index contributed by atoms with van der Waals surface area (Å²) in [5.41, 5.74) is 1.99. The van der Waals surface area contributed by atoms with E-state index in [1.165, 1.54) is 6.42 Å². The van der Waals surface area contributed by atoms with Gasteiger partial charge >= 0.3 is 0 Å². The van der Waals surface area contributed by atoms with Crippen LogP contribution in [0, 0.1) is 0 Å². The molecule has 0 radical (unpaired) electrons. The lowest BCUT2D eigenvalue weighted by Crippen LogP contribution is -2.37. The van der Waals surface area contributed by atoms with Crippen LogP contribution in [-0.4, -0.2) is 39.2 Å². The molecule has 2 aromatic heterocycles. The van der Waals surface area contributed by atoms with Crippen molar-refractivity contribution in [2.24, 2.45) is 0 Å². The fraction of sp³-hybridized carbons (Fsp3) is 0.348.